The second-order valence-electron chi connectivity index (χ2n) is 6.94. The van der Waals surface area contributed by atoms with E-state index in [0.29, 0.717) is 10.9 Å². The molecule has 3 rings (SSSR count). The van der Waals surface area contributed by atoms with Crippen molar-refractivity contribution in [3.05, 3.63) is 64.2 Å². The molecule has 0 saturated heterocycles. The molecule has 2 aromatic carbocycles. The van der Waals surface area contributed by atoms with E-state index in [4.69, 9.17) is 16.6 Å². The number of aromatic hydroxyl groups is 1. The average molecular weight is 357 g/mol. The van der Waals surface area contributed by atoms with Crippen molar-refractivity contribution in [1.29, 1.82) is 0 Å². The summed E-state index contributed by atoms with van der Waals surface area (Å²) in [5.74, 6) is 0.626. The third-order valence-corrected chi connectivity index (χ3v) is 4.99. The number of hydrogen-bond donors (Lipinski definition) is 2. The number of rotatable bonds is 4. The van der Waals surface area contributed by atoms with Gasteiger partial charge in [0.2, 0.25) is 0 Å². The summed E-state index contributed by atoms with van der Waals surface area (Å²) < 4.78 is 0. The summed E-state index contributed by atoms with van der Waals surface area (Å²) in [6, 6.07) is 13.8. The Bertz CT molecular complexity index is 768. The molecule has 0 amide bonds. The van der Waals surface area contributed by atoms with Crippen LogP contribution in [0.3, 0.4) is 0 Å². The van der Waals surface area contributed by atoms with Crippen LogP contribution in [-0.2, 0) is 6.42 Å². The molecule has 132 valence electrons. The highest BCUT2D eigenvalue weighted by Crippen LogP contribution is 2.33. The second-order valence-corrected chi connectivity index (χ2v) is 7.38. The molecule has 2 N–H and O–H groups in total. The first-order valence-electron chi connectivity index (χ1n) is 8.88. The molecule has 25 heavy (non-hydrogen) atoms. The van der Waals surface area contributed by atoms with Gasteiger partial charge in [-0.1, -0.05) is 56.6 Å². The van der Waals surface area contributed by atoms with Crippen LogP contribution in [0.5, 0.6) is 5.75 Å². The largest absolute Gasteiger partial charge is 0.508 e. The van der Waals surface area contributed by atoms with Crippen LogP contribution in [0.1, 0.15) is 49.9 Å². The predicted molar refractivity (Wildman–Crippen MR) is 105 cm³/mol. The Morgan fingerprint density at radius 3 is 2.56 bits per heavy atom. The first-order chi connectivity index (χ1) is 12.0. The van der Waals surface area contributed by atoms with Crippen LogP contribution in [0.15, 0.2) is 47.5 Å². The normalized spacial score (nSPS) is 20.6. The molecule has 0 spiro atoms. The molecular formula is C21H25ClN2O. The molecule has 1 aliphatic heterocycles. The lowest BCUT2D eigenvalue weighted by Crippen LogP contribution is -2.41. The van der Waals surface area contributed by atoms with Gasteiger partial charge in [0.1, 0.15) is 11.9 Å². The Hall–Kier alpha value is -1.84. The smallest absolute Gasteiger partial charge is 0.120 e. The number of benzene rings is 2. The van der Waals surface area contributed by atoms with E-state index in [0.717, 1.165) is 29.7 Å². The lowest BCUT2D eigenvalue weighted by Gasteiger charge is -2.32. The number of aliphatic imine (C=N–C) groups is 1. The summed E-state index contributed by atoms with van der Waals surface area (Å²) in [5, 5.41) is 14.5. The van der Waals surface area contributed by atoms with E-state index in [-0.39, 0.29) is 18.0 Å². The summed E-state index contributed by atoms with van der Waals surface area (Å²) in [6.07, 6.45) is 1.77. The highest BCUT2D eigenvalue weighted by atomic mass is 35.5. The number of hydrogen-bond acceptors (Lipinski definition) is 3. The van der Waals surface area contributed by atoms with Crippen LogP contribution in [-0.4, -0.2) is 17.0 Å². The first kappa shape index (κ1) is 18.0. The van der Waals surface area contributed by atoms with Gasteiger partial charge in [0.15, 0.2) is 0 Å². The topological polar surface area (TPSA) is 44.6 Å². The van der Waals surface area contributed by atoms with E-state index in [1.807, 2.05) is 6.07 Å². The zero-order valence-electron chi connectivity index (χ0n) is 15.0. The molecule has 4 heteroatoms. The summed E-state index contributed by atoms with van der Waals surface area (Å²) in [5.41, 5.74) is 4.37. The van der Waals surface area contributed by atoms with Gasteiger partial charge in [-0.3, -0.25) is 10.3 Å². The van der Waals surface area contributed by atoms with E-state index >= 15 is 0 Å². The van der Waals surface area contributed by atoms with Crippen molar-refractivity contribution in [2.45, 2.75) is 45.8 Å². The Balaban J connectivity index is 1.95. The maximum absolute atomic E-state index is 10.3. The zero-order valence-corrected chi connectivity index (χ0v) is 15.7. The Kier molecular flexibility index (Phi) is 5.45. The number of aryl methyl sites for hydroxylation is 1. The first-order valence-corrected chi connectivity index (χ1v) is 9.26. The Morgan fingerprint density at radius 1 is 1.20 bits per heavy atom. The fourth-order valence-corrected chi connectivity index (χ4v) is 3.37. The minimum absolute atomic E-state index is 0.00977. The summed E-state index contributed by atoms with van der Waals surface area (Å²) in [4.78, 5) is 4.93. The molecule has 0 saturated carbocycles. The van der Waals surface area contributed by atoms with Crippen LogP contribution in [0.2, 0.25) is 5.02 Å². The minimum Gasteiger partial charge on any atom is -0.508 e. The molecular weight excluding hydrogens is 332 g/mol. The molecule has 0 bridgehead atoms. The molecule has 0 fully saturated rings. The van der Waals surface area contributed by atoms with Crippen molar-refractivity contribution >= 4 is 17.3 Å². The maximum Gasteiger partial charge on any atom is 0.120 e. The molecule has 1 heterocycles. The van der Waals surface area contributed by atoms with Gasteiger partial charge in [-0.15, -0.1) is 0 Å². The molecule has 2 unspecified atom stereocenters. The van der Waals surface area contributed by atoms with Gasteiger partial charge in [-0.05, 0) is 41.7 Å². The lowest BCUT2D eigenvalue weighted by atomic mass is 9.92. The molecule has 2 aromatic rings. The summed E-state index contributed by atoms with van der Waals surface area (Å²) >= 11 is 6.15. The van der Waals surface area contributed by atoms with E-state index in [1.54, 1.807) is 12.1 Å². The van der Waals surface area contributed by atoms with Gasteiger partial charge in [0.05, 0.1) is 0 Å². The van der Waals surface area contributed by atoms with Crippen LogP contribution in [0.25, 0.3) is 0 Å². The van der Waals surface area contributed by atoms with Crippen LogP contribution >= 0.6 is 11.6 Å². The highest BCUT2D eigenvalue weighted by Gasteiger charge is 2.28. The molecule has 1 aliphatic rings. The molecule has 0 radical (unpaired) electrons. The summed E-state index contributed by atoms with van der Waals surface area (Å²) in [6.45, 7) is 6.46. The highest BCUT2D eigenvalue weighted by molar-refractivity contribution is 6.30. The number of phenolic OH excluding ortho intramolecular Hbond substituents is 1. The van der Waals surface area contributed by atoms with Gasteiger partial charge in [0.25, 0.3) is 0 Å². The monoisotopic (exact) mass is 356 g/mol. The minimum atomic E-state index is -0.00977. The number of nitrogens with one attached hydrogen (secondary N) is 1. The number of halogens is 1. The van der Waals surface area contributed by atoms with Crippen molar-refractivity contribution in [3.63, 3.8) is 0 Å². The fraction of sp³-hybridized carbons (Fsp3) is 0.381. The molecule has 3 nitrogen and oxygen atoms in total. The molecule has 0 aliphatic carbocycles. The van der Waals surface area contributed by atoms with E-state index in [2.05, 4.69) is 50.4 Å². The van der Waals surface area contributed by atoms with Gasteiger partial charge in [-0.25, -0.2) is 0 Å². The van der Waals surface area contributed by atoms with Gasteiger partial charge in [-0.2, -0.15) is 0 Å². The van der Waals surface area contributed by atoms with Crippen molar-refractivity contribution in [2.75, 3.05) is 0 Å². The molecule has 0 aromatic heterocycles. The standard InChI is InChI=1S/C21H25ClN2O/c1-4-14-5-7-15(8-6-14)18-12-19(24-21(23-18)13(2)3)17-11-16(22)9-10-20(17)25/h5-11,13,19,21,24-25H,4,12H2,1-3H3. The van der Waals surface area contributed by atoms with Crippen molar-refractivity contribution < 1.29 is 5.11 Å². The lowest BCUT2D eigenvalue weighted by molar-refractivity contribution is 0.345. The fourth-order valence-electron chi connectivity index (χ4n) is 3.19. The zero-order chi connectivity index (χ0) is 18.0. The third kappa shape index (κ3) is 4.05. The van der Waals surface area contributed by atoms with E-state index in [1.165, 1.54) is 5.56 Å². The number of phenols is 1. The van der Waals surface area contributed by atoms with Crippen molar-refractivity contribution in [1.82, 2.24) is 5.32 Å². The van der Waals surface area contributed by atoms with E-state index in [9.17, 15) is 5.11 Å². The SMILES string of the molecule is CCc1ccc(C2=NC(C(C)C)NC(c3cc(Cl)ccc3O)C2)cc1. The molecule has 2 atom stereocenters. The van der Waals surface area contributed by atoms with Crippen molar-refractivity contribution in [3.8, 4) is 5.75 Å². The maximum atomic E-state index is 10.3. The van der Waals surface area contributed by atoms with Gasteiger partial charge in [0, 0.05) is 28.8 Å². The van der Waals surface area contributed by atoms with Gasteiger partial charge >= 0.3 is 0 Å². The van der Waals surface area contributed by atoms with Crippen LogP contribution in [0.4, 0.5) is 0 Å². The number of nitrogens with zero attached hydrogens (tertiary/aromatic N) is 1. The van der Waals surface area contributed by atoms with E-state index < -0.39 is 0 Å². The summed E-state index contributed by atoms with van der Waals surface area (Å²) in [7, 11) is 0. The van der Waals surface area contributed by atoms with Crippen LogP contribution in [0, 0.1) is 5.92 Å². The Labute approximate surface area is 154 Å². The quantitative estimate of drug-likeness (QED) is 0.799. The van der Waals surface area contributed by atoms with Gasteiger partial charge < -0.3 is 5.11 Å². The Morgan fingerprint density at radius 2 is 1.92 bits per heavy atom. The second kappa shape index (κ2) is 7.59. The van der Waals surface area contributed by atoms with Crippen LogP contribution < -0.4 is 5.32 Å². The van der Waals surface area contributed by atoms with Crippen molar-refractivity contribution in [2.24, 2.45) is 10.9 Å². The predicted octanol–water partition coefficient (Wildman–Crippen LogP) is 5.11. The third-order valence-electron chi connectivity index (χ3n) is 4.76. The average Bonchev–Trinajstić information content (AvgIpc) is 2.63.